The van der Waals surface area contributed by atoms with E-state index in [2.05, 4.69) is 20.1 Å². The number of sulfonamides is 1. The van der Waals surface area contributed by atoms with Crippen LogP contribution < -0.4 is 4.72 Å². The Labute approximate surface area is 168 Å². The minimum absolute atomic E-state index is 0.0212. The van der Waals surface area contributed by atoms with Gasteiger partial charge in [0.25, 0.3) is 10.0 Å². The first-order valence-corrected chi connectivity index (χ1v) is 10.3. The molecule has 0 unspecified atom stereocenters. The maximum absolute atomic E-state index is 12.4. The molecule has 11 heteroatoms. The summed E-state index contributed by atoms with van der Waals surface area (Å²) in [6, 6.07) is 6.91. The quantitative estimate of drug-likeness (QED) is 0.269. The van der Waals surface area contributed by atoms with Crippen LogP contribution in [0.2, 0.25) is 0 Å². The van der Waals surface area contributed by atoms with Crippen molar-refractivity contribution >= 4 is 27.5 Å². The number of azo groups is 1. The van der Waals surface area contributed by atoms with E-state index in [0.29, 0.717) is 12.2 Å². The summed E-state index contributed by atoms with van der Waals surface area (Å²) >= 11 is 0. The lowest BCUT2D eigenvalue weighted by atomic mass is 10.2. The van der Waals surface area contributed by atoms with Crippen molar-refractivity contribution in [3.63, 3.8) is 0 Å². The van der Waals surface area contributed by atoms with Gasteiger partial charge in [0.05, 0.1) is 17.2 Å². The van der Waals surface area contributed by atoms with Gasteiger partial charge in [-0.1, -0.05) is 12.1 Å². The number of nitrogens with zero attached hydrogens (tertiary/aromatic N) is 3. The molecule has 156 valence electrons. The molecule has 0 bridgehead atoms. The van der Waals surface area contributed by atoms with E-state index in [0.717, 1.165) is 0 Å². The minimum Gasteiger partial charge on any atom is -0.510 e. The number of aliphatic hydroxyl groups is 1. The molecule has 10 nitrogen and oxygen atoms in total. The molecular formula is C18H22N4O6S. The van der Waals surface area contributed by atoms with Gasteiger partial charge in [-0.3, -0.25) is 4.72 Å². The smallest absolute Gasteiger partial charge is 0.362 e. The minimum atomic E-state index is -3.86. The summed E-state index contributed by atoms with van der Waals surface area (Å²) < 4.78 is 36.7. The number of carbonyl (C=O) groups excluding carboxylic acids is 1. The van der Waals surface area contributed by atoms with Crippen LogP contribution in [0.4, 0.5) is 11.5 Å². The third-order valence-electron chi connectivity index (χ3n) is 3.51. The predicted octanol–water partition coefficient (Wildman–Crippen LogP) is 4.00. The van der Waals surface area contributed by atoms with E-state index in [1.54, 1.807) is 13.8 Å². The summed E-state index contributed by atoms with van der Waals surface area (Å²) in [5.41, 5.74) is 0.000735. The Morgan fingerprint density at radius 2 is 1.97 bits per heavy atom. The van der Waals surface area contributed by atoms with Crippen LogP contribution in [0.5, 0.6) is 0 Å². The van der Waals surface area contributed by atoms with E-state index in [-0.39, 0.29) is 40.9 Å². The summed E-state index contributed by atoms with van der Waals surface area (Å²) in [5.74, 6) is -0.466. The molecular weight excluding hydrogens is 400 g/mol. The standard InChI is InChI=1S/C18H22N4O6S/c1-4-6-15(23)17(18(24)27-5-2)20-19-13-7-9-14(10-8-13)29(25,26)22-16-11-12(3)28-21-16/h7-11,23H,4-6H2,1-3H3,(H,21,22)/b17-15-,20-19?. The van der Waals surface area contributed by atoms with Crippen LogP contribution >= 0.6 is 0 Å². The van der Waals surface area contributed by atoms with Crippen molar-refractivity contribution in [2.75, 3.05) is 11.3 Å². The van der Waals surface area contributed by atoms with Crippen molar-refractivity contribution in [2.24, 2.45) is 10.2 Å². The molecule has 0 saturated heterocycles. The van der Waals surface area contributed by atoms with Gasteiger partial charge in [-0.2, -0.15) is 5.11 Å². The molecule has 0 aliphatic carbocycles. The average Bonchev–Trinajstić information content (AvgIpc) is 3.06. The first kappa shape index (κ1) is 22.1. The Morgan fingerprint density at radius 3 is 2.52 bits per heavy atom. The van der Waals surface area contributed by atoms with Crippen molar-refractivity contribution in [1.82, 2.24) is 5.16 Å². The van der Waals surface area contributed by atoms with Crippen LogP contribution in [0.3, 0.4) is 0 Å². The molecule has 0 aliphatic heterocycles. The highest BCUT2D eigenvalue weighted by Crippen LogP contribution is 2.21. The van der Waals surface area contributed by atoms with Crippen LogP contribution in [0.15, 0.2) is 61.4 Å². The molecule has 1 heterocycles. The molecule has 0 amide bonds. The van der Waals surface area contributed by atoms with Crippen LogP contribution in [-0.4, -0.2) is 31.3 Å². The van der Waals surface area contributed by atoms with Crippen molar-refractivity contribution in [1.29, 1.82) is 0 Å². The molecule has 2 N–H and O–H groups in total. The monoisotopic (exact) mass is 422 g/mol. The van der Waals surface area contributed by atoms with Gasteiger partial charge in [-0.05, 0) is 44.5 Å². The zero-order chi connectivity index (χ0) is 21.4. The summed E-state index contributed by atoms with van der Waals surface area (Å²) in [4.78, 5) is 11.9. The highest BCUT2D eigenvalue weighted by molar-refractivity contribution is 7.92. The molecule has 0 atom stereocenters. The summed E-state index contributed by atoms with van der Waals surface area (Å²) in [7, 11) is -3.86. The zero-order valence-corrected chi connectivity index (χ0v) is 17.1. The number of aromatic nitrogens is 1. The second-order valence-corrected chi connectivity index (χ2v) is 7.57. The molecule has 1 aromatic carbocycles. The van der Waals surface area contributed by atoms with Gasteiger partial charge < -0.3 is 14.4 Å². The number of aryl methyl sites for hydroxylation is 1. The van der Waals surface area contributed by atoms with E-state index in [1.165, 1.54) is 30.3 Å². The zero-order valence-electron chi connectivity index (χ0n) is 16.2. The topological polar surface area (TPSA) is 143 Å². The first-order chi connectivity index (χ1) is 13.8. The Balaban J connectivity index is 2.20. The number of aliphatic hydroxyl groups excluding tert-OH is 1. The third kappa shape index (κ3) is 6.14. The molecule has 29 heavy (non-hydrogen) atoms. The Hall–Kier alpha value is -3.21. The number of hydrogen-bond acceptors (Lipinski definition) is 9. The lowest BCUT2D eigenvalue weighted by Gasteiger charge is -2.05. The highest BCUT2D eigenvalue weighted by Gasteiger charge is 2.17. The van der Waals surface area contributed by atoms with E-state index < -0.39 is 16.0 Å². The number of esters is 1. The number of rotatable bonds is 9. The van der Waals surface area contributed by atoms with E-state index in [4.69, 9.17) is 9.26 Å². The van der Waals surface area contributed by atoms with Crippen LogP contribution in [-0.2, 0) is 19.6 Å². The molecule has 0 saturated carbocycles. The summed E-state index contributed by atoms with van der Waals surface area (Å²) in [6.07, 6.45) is 0.854. The largest absolute Gasteiger partial charge is 0.510 e. The normalized spacial score (nSPS) is 12.7. The fourth-order valence-corrected chi connectivity index (χ4v) is 3.17. The summed E-state index contributed by atoms with van der Waals surface area (Å²) in [5, 5.41) is 21.3. The van der Waals surface area contributed by atoms with E-state index in [1.807, 2.05) is 6.92 Å². The Kier molecular flexibility index (Phi) is 7.48. The predicted molar refractivity (Wildman–Crippen MR) is 104 cm³/mol. The van der Waals surface area contributed by atoms with E-state index in [9.17, 15) is 18.3 Å². The molecule has 1 aromatic heterocycles. The number of ether oxygens (including phenoxy) is 1. The van der Waals surface area contributed by atoms with Gasteiger partial charge in [0.2, 0.25) is 5.70 Å². The number of nitrogens with one attached hydrogen (secondary N) is 1. The highest BCUT2D eigenvalue weighted by atomic mass is 32.2. The molecule has 0 fully saturated rings. The van der Waals surface area contributed by atoms with Crippen LogP contribution in [0.1, 0.15) is 32.4 Å². The number of carbonyl (C=O) groups is 1. The number of hydrogen-bond donors (Lipinski definition) is 2. The lowest BCUT2D eigenvalue weighted by Crippen LogP contribution is -2.12. The average molecular weight is 422 g/mol. The number of allylic oxidation sites excluding steroid dienone is 1. The maximum atomic E-state index is 12.4. The van der Waals surface area contributed by atoms with Gasteiger partial charge in [-0.15, -0.1) is 5.11 Å². The molecule has 0 radical (unpaired) electrons. The number of anilines is 1. The Bertz CT molecular complexity index is 1010. The van der Waals surface area contributed by atoms with Crippen molar-refractivity contribution < 1.29 is 27.6 Å². The van der Waals surface area contributed by atoms with Crippen LogP contribution in [0, 0.1) is 6.92 Å². The van der Waals surface area contributed by atoms with Crippen LogP contribution in [0.25, 0.3) is 0 Å². The second kappa shape index (κ2) is 9.82. The first-order valence-electron chi connectivity index (χ1n) is 8.84. The molecule has 0 spiro atoms. The summed E-state index contributed by atoms with van der Waals surface area (Å²) in [6.45, 7) is 5.24. The van der Waals surface area contributed by atoms with Crippen molar-refractivity contribution in [2.45, 2.75) is 38.5 Å². The van der Waals surface area contributed by atoms with Gasteiger partial charge in [0.1, 0.15) is 11.5 Å². The van der Waals surface area contributed by atoms with Gasteiger partial charge >= 0.3 is 5.97 Å². The van der Waals surface area contributed by atoms with Gasteiger partial charge in [-0.25, -0.2) is 13.2 Å². The Morgan fingerprint density at radius 1 is 1.28 bits per heavy atom. The fraction of sp³-hybridized carbons (Fsp3) is 0.333. The van der Waals surface area contributed by atoms with Gasteiger partial charge in [0, 0.05) is 12.5 Å². The lowest BCUT2D eigenvalue weighted by molar-refractivity contribution is -0.138. The number of benzene rings is 1. The second-order valence-electron chi connectivity index (χ2n) is 5.89. The maximum Gasteiger partial charge on any atom is 0.362 e. The van der Waals surface area contributed by atoms with Gasteiger partial charge in [0.15, 0.2) is 5.82 Å². The van der Waals surface area contributed by atoms with Crippen molar-refractivity contribution in [3.05, 3.63) is 47.5 Å². The third-order valence-corrected chi connectivity index (χ3v) is 4.88. The van der Waals surface area contributed by atoms with Crippen molar-refractivity contribution in [3.8, 4) is 0 Å². The van der Waals surface area contributed by atoms with E-state index >= 15 is 0 Å². The fourth-order valence-electron chi connectivity index (χ4n) is 2.18. The molecule has 0 aliphatic rings. The SMILES string of the molecule is CCC/C(O)=C(/N=Nc1ccc(S(=O)(=O)Nc2cc(C)on2)cc1)C(=O)OCC. The molecule has 2 aromatic rings. The molecule has 2 rings (SSSR count).